The summed E-state index contributed by atoms with van der Waals surface area (Å²) in [5.74, 6) is 0. The molecule has 0 aliphatic heterocycles. The van der Waals surface area contributed by atoms with Crippen LogP contribution in [-0.2, 0) is 16.1 Å². The molecule has 0 unspecified atom stereocenters. The molecule has 1 N–H and O–H groups in total. The predicted octanol–water partition coefficient (Wildman–Crippen LogP) is 3.78. The van der Waals surface area contributed by atoms with Gasteiger partial charge in [0, 0.05) is 19.8 Å². The summed E-state index contributed by atoms with van der Waals surface area (Å²) in [6, 6.07) is 16.6. The van der Waals surface area contributed by atoms with Crippen LogP contribution < -0.4 is 0 Å². The number of benzene rings is 3. The average molecular weight is 282 g/mol. The van der Waals surface area contributed by atoms with Crippen molar-refractivity contribution in [1.82, 2.24) is 0 Å². The maximum absolute atomic E-state index is 9.62. The monoisotopic (exact) mass is 282 g/mol. The second-order valence-corrected chi connectivity index (χ2v) is 5.06. The molecule has 0 fully saturated rings. The van der Waals surface area contributed by atoms with Gasteiger partial charge in [0.2, 0.25) is 0 Å². The lowest BCUT2D eigenvalue weighted by atomic mass is 9.98. The van der Waals surface area contributed by atoms with Crippen molar-refractivity contribution in [1.29, 1.82) is 0 Å². The molecule has 0 spiro atoms. The molecule has 3 aromatic carbocycles. The Kier molecular flexibility index (Phi) is 3.88. The average Bonchev–Trinajstić information content (AvgIpc) is 2.53. The number of ether oxygens (including phenoxy) is 2. The molecule has 3 aromatic rings. The summed E-state index contributed by atoms with van der Waals surface area (Å²) in [4.78, 5) is 0. The zero-order chi connectivity index (χ0) is 14.8. The molecule has 3 nitrogen and oxygen atoms in total. The van der Waals surface area contributed by atoms with E-state index in [0.717, 1.165) is 21.9 Å². The highest BCUT2D eigenvalue weighted by Crippen LogP contribution is 2.30. The molecule has 0 atom stereocenters. The normalized spacial score (nSPS) is 11.6. The quantitative estimate of drug-likeness (QED) is 0.584. The van der Waals surface area contributed by atoms with Crippen LogP contribution in [0.4, 0.5) is 0 Å². The molecule has 0 heterocycles. The van der Waals surface area contributed by atoms with E-state index in [0.29, 0.717) is 0 Å². The Balaban J connectivity index is 2.27. The van der Waals surface area contributed by atoms with Crippen molar-refractivity contribution in [3.63, 3.8) is 0 Å². The molecule has 3 rings (SSSR count). The van der Waals surface area contributed by atoms with Crippen LogP contribution in [-0.4, -0.2) is 19.3 Å². The Labute approximate surface area is 123 Å². The first-order valence-electron chi connectivity index (χ1n) is 6.88. The van der Waals surface area contributed by atoms with Crippen LogP contribution in [0, 0.1) is 0 Å². The van der Waals surface area contributed by atoms with Gasteiger partial charge in [0.15, 0.2) is 6.29 Å². The van der Waals surface area contributed by atoms with Crippen LogP contribution in [0.5, 0.6) is 0 Å². The SMILES string of the molecule is COC(OC)c1cc2cc3ccccc3cc2cc1CO. The van der Waals surface area contributed by atoms with Crippen LogP contribution in [0.25, 0.3) is 21.5 Å². The fourth-order valence-electron chi connectivity index (χ4n) is 2.76. The zero-order valence-electron chi connectivity index (χ0n) is 12.2. The Bertz CT molecular complexity index is 776. The zero-order valence-corrected chi connectivity index (χ0v) is 12.2. The molecule has 0 radical (unpaired) electrons. The summed E-state index contributed by atoms with van der Waals surface area (Å²) in [5, 5.41) is 14.2. The lowest BCUT2D eigenvalue weighted by molar-refractivity contribution is -0.106. The number of rotatable bonds is 4. The van der Waals surface area contributed by atoms with Gasteiger partial charge >= 0.3 is 0 Å². The van der Waals surface area contributed by atoms with Gasteiger partial charge in [-0.25, -0.2) is 0 Å². The second-order valence-electron chi connectivity index (χ2n) is 5.06. The van der Waals surface area contributed by atoms with Gasteiger partial charge in [-0.15, -0.1) is 0 Å². The van der Waals surface area contributed by atoms with E-state index in [-0.39, 0.29) is 6.61 Å². The molecular weight excluding hydrogens is 264 g/mol. The molecule has 0 saturated heterocycles. The number of aliphatic hydroxyl groups is 1. The van der Waals surface area contributed by atoms with Crippen LogP contribution in [0.1, 0.15) is 17.4 Å². The maximum Gasteiger partial charge on any atom is 0.183 e. The molecule has 21 heavy (non-hydrogen) atoms. The van der Waals surface area contributed by atoms with E-state index in [4.69, 9.17) is 9.47 Å². The summed E-state index contributed by atoms with van der Waals surface area (Å²) < 4.78 is 10.7. The van der Waals surface area contributed by atoms with Gasteiger partial charge in [-0.1, -0.05) is 24.3 Å². The van der Waals surface area contributed by atoms with Crippen molar-refractivity contribution in [2.75, 3.05) is 14.2 Å². The van der Waals surface area contributed by atoms with Crippen molar-refractivity contribution in [2.45, 2.75) is 12.9 Å². The predicted molar refractivity (Wildman–Crippen MR) is 84.1 cm³/mol. The largest absolute Gasteiger partial charge is 0.392 e. The van der Waals surface area contributed by atoms with Crippen LogP contribution in [0.2, 0.25) is 0 Å². The van der Waals surface area contributed by atoms with E-state index in [9.17, 15) is 5.11 Å². The van der Waals surface area contributed by atoms with Crippen LogP contribution in [0.3, 0.4) is 0 Å². The molecule has 0 saturated carbocycles. The third kappa shape index (κ3) is 2.51. The summed E-state index contributed by atoms with van der Waals surface area (Å²) in [7, 11) is 3.19. The van der Waals surface area contributed by atoms with Crippen LogP contribution >= 0.6 is 0 Å². The van der Waals surface area contributed by atoms with Crippen LogP contribution in [0.15, 0.2) is 48.5 Å². The maximum atomic E-state index is 9.62. The van der Waals surface area contributed by atoms with Gasteiger partial charge in [-0.2, -0.15) is 0 Å². The smallest absolute Gasteiger partial charge is 0.183 e. The van der Waals surface area contributed by atoms with E-state index < -0.39 is 6.29 Å². The Morgan fingerprint density at radius 1 is 0.857 bits per heavy atom. The molecule has 0 bridgehead atoms. The van der Waals surface area contributed by atoms with Gasteiger partial charge in [0.05, 0.1) is 6.61 Å². The molecule has 0 amide bonds. The first kappa shape index (κ1) is 14.0. The molecule has 0 aliphatic carbocycles. The van der Waals surface area contributed by atoms with Crippen molar-refractivity contribution in [3.8, 4) is 0 Å². The Morgan fingerprint density at radius 3 is 1.95 bits per heavy atom. The van der Waals surface area contributed by atoms with E-state index in [1.807, 2.05) is 24.3 Å². The standard InChI is InChI=1S/C18H18O3/c1-20-18(21-2)17-10-15-8-13-6-4-3-5-12(13)7-14(15)9-16(17)11-19/h3-10,18-19H,11H2,1-2H3. The number of aliphatic hydroxyl groups excluding tert-OH is 1. The van der Waals surface area contributed by atoms with Gasteiger partial charge in [0.25, 0.3) is 0 Å². The minimum Gasteiger partial charge on any atom is -0.392 e. The van der Waals surface area contributed by atoms with Crippen molar-refractivity contribution >= 4 is 21.5 Å². The van der Waals surface area contributed by atoms with Gasteiger partial charge in [0.1, 0.15) is 0 Å². The highest BCUT2D eigenvalue weighted by Gasteiger charge is 2.15. The third-order valence-electron chi connectivity index (χ3n) is 3.82. The fourth-order valence-corrected chi connectivity index (χ4v) is 2.76. The summed E-state index contributed by atoms with van der Waals surface area (Å²) >= 11 is 0. The Hall–Kier alpha value is -1.94. The van der Waals surface area contributed by atoms with Gasteiger partial charge in [-0.05, 0) is 51.4 Å². The first-order chi connectivity index (χ1) is 10.3. The minimum absolute atomic E-state index is 0.0404. The second kappa shape index (κ2) is 5.82. The summed E-state index contributed by atoms with van der Waals surface area (Å²) in [6.07, 6.45) is -0.469. The molecule has 108 valence electrons. The molecule has 0 aliphatic rings. The third-order valence-corrected chi connectivity index (χ3v) is 3.82. The highest BCUT2D eigenvalue weighted by molar-refractivity contribution is 5.98. The van der Waals surface area contributed by atoms with Crippen molar-refractivity contribution < 1.29 is 14.6 Å². The Morgan fingerprint density at radius 2 is 1.43 bits per heavy atom. The van der Waals surface area contributed by atoms with E-state index >= 15 is 0 Å². The number of methoxy groups -OCH3 is 2. The van der Waals surface area contributed by atoms with E-state index in [1.54, 1.807) is 14.2 Å². The highest BCUT2D eigenvalue weighted by atomic mass is 16.7. The summed E-state index contributed by atoms with van der Waals surface area (Å²) in [6.45, 7) is -0.0404. The lowest BCUT2D eigenvalue weighted by Crippen LogP contribution is -2.07. The van der Waals surface area contributed by atoms with E-state index in [1.165, 1.54) is 10.8 Å². The topological polar surface area (TPSA) is 38.7 Å². The number of hydrogen-bond acceptors (Lipinski definition) is 3. The number of fused-ring (bicyclic) bond motifs is 2. The molecule has 3 heteroatoms. The lowest BCUT2D eigenvalue weighted by Gasteiger charge is -2.18. The van der Waals surface area contributed by atoms with Gasteiger partial charge in [-0.3, -0.25) is 0 Å². The van der Waals surface area contributed by atoms with Crippen molar-refractivity contribution in [3.05, 3.63) is 59.7 Å². The minimum atomic E-state index is -0.469. The fraction of sp³-hybridized carbons (Fsp3) is 0.222. The first-order valence-corrected chi connectivity index (χ1v) is 6.88. The van der Waals surface area contributed by atoms with Gasteiger partial charge < -0.3 is 14.6 Å². The summed E-state index contributed by atoms with van der Waals surface area (Å²) in [5.41, 5.74) is 1.69. The number of hydrogen-bond donors (Lipinski definition) is 1. The van der Waals surface area contributed by atoms with Crippen molar-refractivity contribution in [2.24, 2.45) is 0 Å². The van der Waals surface area contributed by atoms with E-state index in [2.05, 4.69) is 24.3 Å². The molecule has 0 aromatic heterocycles. The molecular formula is C18H18O3.